The summed E-state index contributed by atoms with van der Waals surface area (Å²) in [5, 5.41) is 12.0. The van der Waals surface area contributed by atoms with Crippen molar-refractivity contribution < 1.29 is 14.6 Å². The standard InChI is InChI=1S/C13H17NO3/c15-13(16)12(10-6-7-10)14-8-9-17-11-4-2-1-3-5-11/h1-5,10,12,14H,6-9H2,(H,15,16). The van der Waals surface area contributed by atoms with Crippen LogP contribution in [0.25, 0.3) is 0 Å². The highest BCUT2D eigenvalue weighted by Crippen LogP contribution is 2.32. The zero-order valence-corrected chi connectivity index (χ0v) is 9.63. The average Bonchev–Trinajstić information content (AvgIpc) is 3.14. The van der Waals surface area contributed by atoms with Gasteiger partial charge in [-0.15, -0.1) is 0 Å². The van der Waals surface area contributed by atoms with Gasteiger partial charge < -0.3 is 15.2 Å². The van der Waals surface area contributed by atoms with Gasteiger partial charge >= 0.3 is 5.97 Å². The fourth-order valence-corrected chi connectivity index (χ4v) is 1.79. The maximum atomic E-state index is 10.9. The van der Waals surface area contributed by atoms with Crippen LogP contribution in [0.4, 0.5) is 0 Å². The van der Waals surface area contributed by atoms with Crippen molar-refractivity contribution >= 4 is 5.97 Å². The van der Waals surface area contributed by atoms with E-state index < -0.39 is 12.0 Å². The van der Waals surface area contributed by atoms with E-state index in [0.29, 0.717) is 19.1 Å². The fourth-order valence-electron chi connectivity index (χ4n) is 1.79. The topological polar surface area (TPSA) is 58.6 Å². The van der Waals surface area contributed by atoms with Crippen LogP contribution in [0.1, 0.15) is 12.8 Å². The van der Waals surface area contributed by atoms with Gasteiger partial charge in [0.2, 0.25) is 0 Å². The van der Waals surface area contributed by atoms with Crippen molar-refractivity contribution in [1.82, 2.24) is 5.32 Å². The number of nitrogens with one attached hydrogen (secondary N) is 1. The van der Waals surface area contributed by atoms with Gasteiger partial charge in [0.1, 0.15) is 18.4 Å². The second kappa shape index (κ2) is 5.68. The van der Waals surface area contributed by atoms with Crippen molar-refractivity contribution in [3.05, 3.63) is 30.3 Å². The second-order valence-corrected chi connectivity index (χ2v) is 4.27. The van der Waals surface area contributed by atoms with Gasteiger partial charge in [-0.05, 0) is 30.9 Å². The second-order valence-electron chi connectivity index (χ2n) is 4.27. The van der Waals surface area contributed by atoms with Gasteiger partial charge in [-0.1, -0.05) is 18.2 Å². The van der Waals surface area contributed by atoms with Crippen molar-refractivity contribution in [1.29, 1.82) is 0 Å². The maximum Gasteiger partial charge on any atom is 0.320 e. The molecule has 1 aliphatic rings. The molecule has 0 bridgehead atoms. The van der Waals surface area contributed by atoms with Gasteiger partial charge in [0.25, 0.3) is 0 Å². The molecule has 1 unspecified atom stereocenters. The molecule has 0 radical (unpaired) electrons. The molecule has 0 heterocycles. The molecule has 92 valence electrons. The molecule has 0 aromatic heterocycles. The van der Waals surface area contributed by atoms with Gasteiger partial charge in [0.05, 0.1) is 0 Å². The number of aliphatic carboxylic acids is 1. The molecule has 1 atom stereocenters. The summed E-state index contributed by atoms with van der Waals surface area (Å²) in [7, 11) is 0. The van der Waals surface area contributed by atoms with E-state index in [0.717, 1.165) is 18.6 Å². The maximum absolute atomic E-state index is 10.9. The first-order chi connectivity index (χ1) is 8.27. The van der Waals surface area contributed by atoms with E-state index in [1.165, 1.54) is 0 Å². The first-order valence-electron chi connectivity index (χ1n) is 5.91. The number of carbonyl (C=O) groups is 1. The summed E-state index contributed by atoms with van der Waals surface area (Å²) >= 11 is 0. The molecule has 4 nitrogen and oxygen atoms in total. The van der Waals surface area contributed by atoms with E-state index in [9.17, 15) is 4.79 Å². The number of hydrogen-bond acceptors (Lipinski definition) is 3. The van der Waals surface area contributed by atoms with Gasteiger partial charge in [-0.25, -0.2) is 0 Å². The zero-order valence-electron chi connectivity index (χ0n) is 9.63. The van der Waals surface area contributed by atoms with Crippen LogP contribution in [-0.2, 0) is 4.79 Å². The number of para-hydroxylation sites is 1. The van der Waals surface area contributed by atoms with E-state index in [2.05, 4.69) is 5.32 Å². The predicted octanol–water partition coefficient (Wildman–Crippen LogP) is 1.52. The highest BCUT2D eigenvalue weighted by atomic mass is 16.5. The lowest BCUT2D eigenvalue weighted by Crippen LogP contribution is -2.40. The lowest BCUT2D eigenvalue weighted by Gasteiger charge is -2.13. The summed E-state index contributed by atoms with van der Waals surface area (Å²) in [5.41, 5.74) is 0. The lowest BCUT2D eigenvalue weighted by atomic mass is 10.2. The Bertz CT molecular complexity index is 362. The molecule has 17 heavy (non-hydrogen) atoms. The van der Waals surface area contributed by atoms with Crippen molar-refractivity contribution in [3.63, 3.8) is 0 Å². The monoisotopic (exact) mass is 235 g/mol. The van der Waals surface area contributed by atoms with E-state index in [-0.39, 0.29) is 0 Å². The van der Waals surface area contributed by atoms with Crippen LogP contribution in [-0.4, -0.2) is 30.3 Å². The number of carboxylic acid groups (broad SMARTS) is 1. The molecule has 0 amide bonds. The quantitative estimate of drug-likeness (QED) is 0.703. The van der Waals surface area contributed by atoms with Crippen molar-refractivity contribution in [2.75, 3.05) is 13.2 Å². The Morgan fingerprint density at radius 1 is 1.41 bits per heavy atom. The Balaban J connectivity index is 1.67. The Labute approximate surface area is 101 Å². The van der Waals surface area contributed by atoms with E-state index >= 15 is 0 Å². The summed E-state index contributed by atoms with van der Waals surface area (Å²) in [6.07, 6.45) is 2.03. The van der Waals surface area contributed by atoms with Gasteiger partial charge in [0.15, 0.2) is 0 Å². The molecule has 1 aliphatic carbocycles. The normalized spacial score (nSPS) is 16.5. The Hall–Kier alpha value is -1.55. The molecule has 1 aromatic carbocycles. The summed E-state index contributed by atoms with van der Waals surface area (Å²) in [4.78, 5) is 10.9. The third kappa shape index (κ3) is 3.75. The van der Waals surface area contributed by atoms with Crippen LogP contribution in [0.2, 0.25) is 0 Å². The summed E-state index contributed by atoms with van der Waals surface area (Å²) in [5.74, 6) is 0.365. The molecule has 0 spiro atoms. The molecule has 4 heteroatoms. The van der Waals surface area contributed by atoms with Gasteiger partial charge in [-0.3, -0.25) is 4.79 Å². The molecule has 1 aromatic rings. The lowest BCUT2D eigenvalue weighted by molar-refractivity contribution is -0.140. The molecule has 1 saturated carbocycles. The Morgan fingerprint density at radius 3 is 2.71 bits per heavy atom. The van der Waals surface area contributed by atoms with E-state index in [4.69, 9.17) is 9.84 Å². The summed E-state index contributed by atoms with van der Waals surface area (Å²) in [6, 6.07) is 9.11. The van der Waals surface area contributed by atoms with E-state index in [1.807, 2.05) is 30.3 Å². The molecule has 0 aliphatic heterocycles. The van der Waals surface area contributed by atoms with Gasteiger partial charge in [0, 0.05) is 6.54 Å². The van der Waals surface area contributed by atoms with Crippen LogP contribution in [0, 0.1) is 5.92 Å². The van der Waals surface area contributed by atoms with Gasteiger partial charge in [-0.2, -0.15) is 0 Å². The Kier molecular flexibility index (Phi) is 3.98. The largest absolute Gasteiger partial charge is 0.492 e. The molecular weight excluding hydrogens is 218 g/mol. The number of benzene rings is 1. The predicted molar refractivity (Wildman–Crippen MR) is 64.1 cm³/mol. The summed E-state index contributed by atoms with van der Waals surface area (Å²) in [6.45, 7) is 1.04. The minimum atomic E-state index is -0.757. The van der Waals surface area contributed by atoms with Crippen LogP contribution >= 0.6 is 0 Å². The SMILES string of the molecule is O=C(O)C(NCCOc1ccccc1)C1CC1. The third-order valence-corrected chi connectivity index (χ3v) is 2.84. The highest BCUT2D eigenvalue weighted by Gasteiger charge is 2.35. The first-order valence-corrected chi connectivity index (χ1v) is 5.91. The Morgan fingerprint density at radius 2 is 2.12 bits per heavy atom. The van der Waals surface area contributed by atoms with E-state index in [1.54, 1.807) is 0 Å². The fraction of sp³-hybridized carbons (Fsp3) is 0.462. The number of carboxylic acids is 1. The minimum Gasteiger partial charge on any atom is -0.492 e. The van der Waals surface area contributed by atoms with Crippen LogP contribution in [0.3, 0.4) is 0 Å². The molecule has 2 N–H and O–H groups in total. The van der Waals surface area contributed by atoms with Crippen molar-refractivity contribution in [2.24, 2.45) is 5.92 Å². The highest BCUT2D eigenvalue weighted by molar-refractivity contribution is 5.74. The molecule has 2 rings (SSSR count). The van der Waals surface area contributed by atoms with Crippen molar-refractivity contribution in [3.8, 4) is 5.75 Å². The average molecular weight is 235 g/mol. The molecule has 0 saturated heterocycles. The number of rotatable bonds is 7. The molecular formula is C13H17NO3. The minimum absolute atomic E-state index is 0.309. The number of hydrogen-bond donors (Lipinski definition) is 2. The number of ether oxygens (including phenoxy) is 1. The summed E-state index contributed by atoms with van der Waals surface area (Å²) < 4.78 is 5.48. The van der Waals surface area contributed by atoms with Crippen LogP contribution < -0.4 is 10.1 Å². The smallest absolute Gasteiger partial charge is 0.320 e. The third-order valence-electron chi connectivity index (χ3n) is 2.84. The van der Waals surface area contributed by atoms with Crippen LogP contribution in [0.15, 0.2) is 30.3 Å². The molecule has 1 fully saturated rings. The first kappa shape index (κ1) is 11.9. The zero-order chi connectivity index (χ0) is 12.1. The van der Waals surface area contributed by atoms with Crippen molar-refractivity contribution in [2.45, 2.75) is 18.9 Å². The van der Waals surface area contributed by atoms with Crippen LogP contribution in [0.5, 0.6) is 5.75 Å².